The van der Waals surface area contributed by atoms with Crippen LogP contribution in [0.1, 0.15) is 18.9 Å². The summed E-state index contributed by atoms with van der Waals surface area (Å²) in [6.07, 6.45) is 0.753. The van der Waals surface area contributed by atoms with E-state index in [1.165, 1.54) is 12.1 Å². The van der Waals surface area contributed by atoms with Crippen LogP contribution in [0.3, 0.4) is 0 Å². The zero-order valence-electron chi connectivity index (χ0n) is 9.50. The van der Waals surface area contributed by atoms with Gasteiger partial charge in [0.05, 0.1) is 4.92 Å². The Hall–Kier alpha value is -1.57. The average Bonchev–Trinajstić information content (AvgIpc) is 2.30. The molecule has 0 bridgehead atoms. The second-order valence-corrected chi connectivity index (χ2v) is 3.79. The first-order valence-electron chi connectivity index (χ1n) is 5.18. The summed E-state index contributed by atoms with van der Waals surface area (Å²) >= 11 is 5.95. The molecule has 4 nitrogen and oxygen atoms in total. The quantitative estimate of drug-likeness (QED) is 0.379. The Balaban J connectivity index is 2.59. The van der Waals surface area contributed by atoms with Crippen molar-refractivity contribution in [3.8, 4) is 11.8 Å². The maximum absolute atomic E-state index is 10.6. The highest BCUT2D eigenvalue weighted by Gasteiger charge is 2.08. The number of non-ortho nitro benzene ring substituents is 1. The third-order valence-electron chi connectivity index (χ3n) is 2.16. The minimum Gasteiger partial charge on any atom is -0.312 e. The highest BCUT2D eigenvalue weighted by atomic mass is 35.5. The molecule has 1 aromatic rings. The lowest BCUT2D eigenvalue weighted by molar-refractivity contribution is -0.384. The summed E-state index contributed by atoms with van der Waals surface area (Å²) in [6.45, 7) is 3.03. The Morgan fingerprint density at radius 1 is 1.53 bits per heavy atom. The van der Waals surface area contributed by atoms with Crippen molar-refractivity contribution in [2.24, 2.45) is 0 Å². The number of nitro groups is 1. The normalized spacial score (nSPS) is 9.53. The molecule has 0 aliphatic rings. The number of benzene rings is 1. The van der Waals surface area contributed by atoms with Gasteiger partial charge < -0.3 is 5.32 Å². The molecule has 0 saturated carbocycles. The summed E-state index contributed by atoms with van der Waals surface area (Å²) in [5, 5.41) is 14.3. The monoisotopic (exact) mass is 252 g/mol. The van der Waals surface area contributed by atoms with Crippen LogP contribution in [0.2, 0.25) is 5.02 Å². The fourth-order valence-electron chi connectivity index (χ4n) is 1.31. The molecule has 0 unspecified atom stereocenters. The molecule has 0 amide bonds. The summed E-state index contributed by atoms with van der Waals surface area (Å²) in [5.41, 5.74) is 0.782. The van der Waals surface area contributed by atoms with E-state index >= 15 is 0 Å². The van der Waals surface area contributed by atoms with E-state index in [2.05, 4.69) is 17.2 Å². The van der Waals surface area contributed by atoms with Gasteiger partial charge in [-0.25, -0.2) is 0 Å². The highest BCUT2D eigenvalue weighted by Crippen LogP contribution is 2.21. The van der Waals surface area contributed by atoms with E-state index in [0.29, 0.717) is 11.6 Å². The van der Waals surface area contributed by atoms with Crippen LogP contribution in [0, 0.1) is 22.0 Å². The van der Waals surface area contributed by atoms with Crippen LogP contribution >= 0.6 is 11.6 Å². The first-order chi connectivity index (χ1) is 8.15. The topological polar surface area (TPSA) is 55.2 Å². The van der Waals surface area contributed by atoms with Crippen LogP contribution in [0.4, 0.5) is 5.69 Å². The van der Waals surface area contributed by atoms with Crippen LogP contribution < -0.4 is 5.32 Å². The van der Waals surface area contributed by atoms with Crippen molar-refractivity contribution >= 4 is 17.3 Å². The Morgan fingerprint density at radius 3 is 2.94 bits per heavy atom. The third-order valence-corrected chi connectivity index (χ3v) is 2.53. The molecule has 17 heavy (non-hydrogen) atoms. The van der Waals surface area contributed by atoms with Crippen LogP contribution in [0.25, 0.3) is 0 Å². The van der Waals surface area contributed by atoms with E-state index in [1.807, 2.05) is 0 Å². The maximum Gasteiger partial charge on any atom is 0.269 e. The predicted molar refractivity (Wildman–Crippen MR) is 67.9 cm³/mol. The molecule has 0 heterocycles. The number of hydrogen-bond donors (Lipinski definition) is 1. The Kier molecular flexibility index (Phi) is 5.47. The van der Waals surface area contributed by atoms with E-state index in [1.54, 1.807) is 13.0 Å². The van der Waals surface area contributed by atoms with Crippen molar-refractivity contribution in [1.29, 1.82) is 0 Å². The van der Waals surface area contributed by atoms with Gasteiger partial charge in [0.2, 0.25) is 0 Å². The summed E-state index contributed by atoms with van der Waals surface area (Å²) in [5.74, 6) is 5.72. The standard InChI is InChI=1S/C12H13ClN2O2/c1-2-3-4-7-14-9-10-8-11(15(16)17)5-6-12(10)13/h5-6,8,14H,4,7,9H2,1H3. The Bertz CT molecular complexity index is 463. The van der Waals surface area contributed by atoms with Crippen molar-refractivity contribution in [2.45, 2.75) is 19.9 Å². The zero-order chi connectivity index (χ0) is 12.7. The summed E-state index contributed by atoms with van der Waals surface area (Å²) in [6, 6.07) is 4.43. The summed E-state index contributed by atoms with van der Waals surface area (Å²) in [4.78, 5) is 10.2. The number of hydrogen-bond acceptors (Lipinski definition) is 3. The molecule has 0 spiro atoms. The predicted octanol–water partition coefficient (Wildman–Crippen LogP) is 2.75. The summed E-state index contributed by atoms with van der Waals surface area (Å²) in [7, 11) is 0. The fourth-order valence-corrected chi connectivity index (χ4v) is 1.49. The fraction of sp³-hybridized carbons (Fsp3) is 0.333. The SMILES string of the molecule is CC#CCCNCc1cc([N+](=O)[O-])ccc1Cl. The van der Waals surface area contributed by atoms with Crippen molar-refractivity contribution < 1.29 is 4.92 Å². The van der Waals surface area contributed by atoms with Crippen LogP contribution in [-0.2, 0) is 6.54 Å². The number of rotatable bonds is 5. The van der Waals surface area contributed by atoms with E-state index in [9.17, 15) is 10.1 Å². The molecule has 0 aromatic heterocycles. The van der Waals surface area contributed by atoms with Gasteiger partial charge in [0, 0.05) is 36.7 Å². The van der Waals surface area contributed by atoms with Crippen molar-refractivity contribution in [3.05, 3.63) is 38.9 Å². The highest BCUT2D eigenvalue weighted by molar-refractivity contribution is 6.31. The third kappa shape index (κ3) is 4.43. The van der Waals surface area contributed by atoms with Crippen LogP contribution in [-0.4, -0.2) is 11.5 Å². The van der Waals surface area contributed by atoms with Crippen molar-refractivity contribution in [1.82, 2.24) is 5.32 Å². The smallest absolute Gasteiger partial charge is 0.269 e. The molecule has 1 aromatic carbocycles. The molecule has 0 aliphatic heterocycles. The van der Waals surface area contributed by atoms with Gasteiger partial charge in [-0.05, 0) is 18.6 Å². The molecule has 1 N–H and O–H groups in total. The van der Waals surface area contributed by atoms with Gasteiger partial charge in [-0.1, -0.05) is 11.6 Å². The van der Waals surface area contributed by atoms with Gasteiger partial charge in [-0.3, -0.25) is 10.1 Å². The lowest BCUT2D eigenvalue weighted by Crippen LogP contribution is -2.14. The van der Waals surface area contributed by atoms with E-state index < -0.39 is 4.92 Å². The molecule has 90 valence electrons. The second-order valence-electron chi connectivity index (χ2n) is 3.39. The van der Waals surface area contributed by atoms with Gasteiger partial charge in [0.15, 0.2) is 0 Å². The molecular formula is C12H13ClN2O2. The minimum absolute atomic E-state index is 0.0551. The van der Waals surface area contributed by atoms with Crippen molar-refractivity contribution in [3.63, 3.8) is 0 Å². The Morgan fingerprint density at radius 2 is 2.29 bits per heavy atom. The number of halogens is 1. The second kappa shape index (κ2) is 6.89. The Labute approximate surface area is 105 Å². The van der Waals surface area contributed by atoms with Gasteiger partial charge in [-0.2, -0.15) is 0 Å². The lowest BCUT2D eigenvalue weighted by Gasteiger charge is -2.05. The lowest BCUT2D eigenvalue weighted by atomic mass is 10.2. The molecule has 0 atom stereocenters. The molecule has 0 saturated heterocycles. The molecule has 0 aliphatic carbocycles. The van der Waals surface area contributed by atoms with Crippen molar-refractivity contribution in [2.75, 3.05) is 6.54 Å². The van der Waals surface area contributed by atoms with Crippen LogP contribution in [0.5, 0.6) is 0 Å². The molecule has 5 heteroatoms. The molecular weight excluding hydrogens is 240 g/mol. The van der Waals surface area contributed by atoms with Gasteiger partial charge in [0.1, 0.15) is 0 Å². The molecule has 0 radical (unpaired) electrons. The minimum atomic E-state index is -0.428. The van der Waals surface area contributed by atoms with Gasteiger partial charge in [-0.15, -0.1) is 11.8 Å². The maximum atomic E-state index is 10.6. The average molecular weight is 253 g/mol. The molecule has 1 rings (SSSR count). The van der Waals surface area contributed by atoms with E-state index in [4.69, 9.17) is 11.6 Å². The molecule has 0 fully saturated rings. The number of nitrogens with one attached hydrogen (secondary N) is 1. The largest absolute Gasteiger partial charge is 0.312 e. The number of nitrogens with zero attached hydrogens (tertiary/aromatic N) is 1. The van der Waals surface area contributed by atoms with Gasteiger partial charge in [0.25, 0.3) is 5.69 Å². The van der Waals surface area contributed by atoms with E-state index in [-0.39, 0.29) is 5.69 Å². The number of nitro benzene ring substituents is 1. The zero-order valence-corrected chi connectivity index (χ0v) is 10.3. The van der Waals surface area contributed by atoms with E-state index in [0.717, 1.165) is 18.5 Å². The first kappa shape index (κ1) is 13.5. The van der Waals surface area contributed by atoms with Crippen LogP contribution in [0.15, 0.2) is 18.2 Å². The summed E-state index contributed by atoms with van der Waals surface area (Å²) < 4.78 is 0. The first-order valence-corrected chi connectivity index (χ1v) is 5.56. The van der Waals surface area contributed by atoms with Gasteiger partial charge >= 0.3 is 0 Å².